The van der Waals surface area contributed by atoms with E-state index in [-0.39, 0.29) is 16.2 Å². The molecule has 2 aromatic carbocycles. The number of hydroxylamine groups is 2. The van der Waals surface area contributed by atoms with Crippen molar-refractivity contribution in [2.24, 2.45) is 0 Å². The highest BCUT2D eigenvalue weighted by Crippen LogP contribution is 2.35. The van der Waals surface area contributed by atoms with Crippen molar-refractivity contribution in [3.63, 3.8) is 0 Å². The van der Waals surface area contributed by atoms with Crippen LogP contribution < -0.4 is 0 Å². The van der Waals surface area contributed by atoms with Gasteiger partial charge in [0.25, 0.3) is 0 Å². The van der Waals surface area contributed by atoms with E-state index in [1.807, 2.05) is 0 Å². The SMILES string of the molecule is CN(O)C(=O)C(=O)CC(O)(Cc1ccc(F)c(F)c1)c1ccc(O)c(O)c1. The molecule has 144 valence electrons. The molecule has 0 aliphatic rings. The number of phenolic OH excluding ortho intramolecular Hbond substituents is 2. The van der Waals surface area contributed by atoms with E-state index < -0.39 is 53.3 Å². The number of hydrogen-bond acceptors (Lipinski definition) is 6. The number of ketones is 1. The number of nitrogens with zero attached hydrogens (tertiary/aromatic N) is 1. The molecule has 7 nitrogen and oxygen atoms in total. The molecule has 9 heteroatoms. The largest absolute Gasteiger partial charge is 0.504 e. The zero-order valence-electron chi connectivity index (χ0n) is 14.2. The van der Waals surface area contributed by atoms with Crippen LogP contribution >= 0.6 is 0 Å². The Hall–Kier alpha value is -3.04. The third kappa shape index (κ3) is 4.57. The molecule has 0 aromatic heterocycles. The number of aromatic hydroxyl groups is 2. The molecule has 0 heterocycles. The predicted octanol–water partition coefficient (Wildman–Crippen LogP) is 1.61. The van der Waals surface area contributed by atoms with Crippen molar-refractivity contribution in [2.45, 2.75) is 18.4 Å². The Balaban J connectivity index is 2.46. The number of aliphatic hydroxyl groups is 1. The van der Waals surface area contributed by atoms with Crippen molar-refractivity contribution < 1.29 is 38.9 Å². The summed E-state index contributed by atoms with van der Waals surface area (Å²) in [5.74, 6) is -5.78. The maximum atomic E-state index is 13.5. The van der Waals surface area contributed by atoms with Crippen molar-refractivity contribution in [2.75, 3.05) is 7.05 Å². The van der Waals surface area contributed by atoms with Crippen molar-refractivity contribution >= 4 is 11.7 Å². The van der Waals surface area contributed by atoms with Gasteiger partial charge >= 0.3 is 5.91 Å². The first kappa shape index (κ1) is 20.3. The zero-order chi connectivity index (χ0) is 20.4. The summed E-state index contributed by atoms with van der Waals surface area (Å²) in [7, 11) is 0.932. The number of benzene rings is 2. The molecular weight excluding hydrogens is 364 g/mol. The standard InChI is InChI=1S/C18H17F2NO6/c1-21(27)17(25)16(24)9-18(26,11-3-5-14(22)15(23)7-11)8-10-2-4-12(19)13(20)6-10/h2-7,22-23,26-27H,8-9H2,1H3. The second kappa shape index (κ2) is 7.68. The highest BCUT2D eigenvalue weighted by Gasteiger charge is 2.36. The molecule has 0 spiro atoms. The van der Waals surface area contributed by atoms with Gasteiger partial charge in [-0.1, -0.05) is 12.1 Å². The number of hydrogen-bond donors (Lipinski definition) is 4. The van der Waals surface area contributed by atoms with Crippen LogP contribution in [0, 0.1) is 11.6 Å². The van der Waals surface area contributed by atoms with Gasteiger partial charge in [-0.15, -0.1) is 0 Å². The number of carbonyl (C=O) groups excluding carboxylic acids is 2. The molecule has 0 aliphatic heterocycles. The van der Waals surface area contributed by atoms with E-state index in [1.165, 1.54) is 12.1 Å². The van der Waals surface area contributed by atoms with Gasteiger partial charge in [-0.2, -0.15) is 0 Å². The topological polar surface area (TPSA) is 118 Å². The van der Waals surface area contributed by atoms with Crippen molar-refractivity contribution in [3.8, 4) is 11.5 Å². The van der Waals surface area contributed by atoms with E-state index in [4.69, 9.17) is 5.21 Å². The van der Waals surface area contributed by atoms with Crippen LogP contribution in [0.5, 0.6) is 11.5 Å². The molecule has 1 unspecified atom stereocenters. The van der Waals surface area contributed by atoms with Gasteiger partial charge in [0.15, 0.2) is 23.1 Å². The highest BCUT2D eigenvalue weighted by atomic mass is 19.2. The molecule has 0 saturated heterocycles. The first-order chi connectivity index (χ1) is 12.5. The quantitative estimate of drug-likeness (QED) is 0.261. The Bertz CT molecular complexity index is 886. The average molecular weight is 381 g/mol. The summed E-state index contributed by atoms with van der Waals surface area (Å²) >= 11 is 0. The number of halogens is 2. The normalized spacial score (nSPS) is 13.1. The van der Waals surface area contributed by atoms with Crippen molar-refractivity contribution in [3.05, 3.63) is 59.2 Å². The molecule has 2 rings (SSSR count). The Morgan fingerprint density at radius 2 is 1.70 bits per heavy atom. The first-order valence-corrected chi connectivity index (χ1v) is 7.72. The molecule has 0 fully saturated rings. The minimum Gasteiger partial charge on any atom is -0.504 e. The van der Waals surface area contributed by atoms with E-state index in [1.54, 1.807) is 0 Å². The van der Waals surface area contributed by atoms with E-state index in [0.717, 1.165) is 31.3 Å². The Kier molecular flexibility index (Phi) is 5.77. The summed E-state index contributed by atoms with van der Waals surface area (Å²) in [6.07, 6.45) is -1.23. The summed E-state index contributed by atoms with van der Waals surface area (Å²) < 4.78 is 26.6. The van der Waals surface area contributed by atoms with Gasteiger partial charge in [0.05, 0.1) is 0 Å². The van der Waals surface area contributed by atoms with Gasteiger partial charge < -0.3 is 15.3 Å². The Morgan fingerprint density at radius 1 is 1.04 bits per heavy atom. The Labute approximate surface area is 152 Å². The van der Waals surface area contributed by atoms with E-state index in [2.05, 4.69) is 0 Å². The van der Waals surface area contributed by atoms with Crippen LogP contribution in [0.2, 0.25) is 0 Å². The van der Waals surface area contributed by atoms with Crippen LogP contribution in [0.3, 0.4) is 0 Å². The van der Waals surface area contributed by atoms with Gasteiger partial charge in [0, 0.05) is 19.9 Å². The van der Waals surface area contributed by atoms with Crippen LogP contribution in [0.1, 0.15) is 17.5 Å². The molecular formula is C18H17F2NO6. The molecule has 0 saturated carbocycles. The number of likely N-dealkylation sites (N-methyl/N-ethyl adjacent to an activating group) is 1. The zero-order valence-corrected chi connectivity index (χ0v) is 14.2. The fourth-order valence-corrected chi connectivity index (χ4v) is 2.59. The molecule has 4 N–H and O–H groups in total. The predicted molar refractivity (Wildman–Crippen MR) is 87.9 cm³/mol. The number of carbonyl (C=O) groups is 2. The number of Topliss-reactive ketones (excluding diaryl/α,β-unsaturated/α-hetero) is 1. The molecule has 1 atom stereocenters. The number of rotatable bonds is 6. The Morgan fingerprint density at radius 3 is 2.26 bits per heavy atom. The fourth-order valence-electron chi connectivity index (χ4n) is 2.59. The lowest BCUT2D eigenvalue weighted by atomic mass is 9.82. The lowest BCUT2D eigenvalue weighted by Gasteiger charge is -2.28. The van der Waals surface area contributed by atoms with Crippen LogP contribution in [0.15, 0.2) is 36.4 Å². The molecule has 1 amide bonds. The van der Waals surface area contributed by atoms with Crippen LogP contribution in [-0.2, 0) is 21.6 Å². The third-order valence-corrected chi connectivity index (χ3v) is 3.98. The lowest BCUT2D eigenvalue weighted by Crippen LogP contribution is -2.38. The maximum Gasteiger partial charge on any atom is 0.313 e. The van der Waals surface area contributed by atoms with Gasteiger partial charge in [-0.3, -0.25) is 14.8 Å². The first-order valence-electron chi connectivity index (χ1n) is 7.72. The lowest BCUT2D eigenvalue weighted by molar-refractivity contribution is -0.167. The molecule has 0 radical (unpaired) electrons. The van der Waals surface area contributed by atoms with Crippen LogP contribution in [0.4, 0.5) is 8.78 Å². The molecule has 2 aromatic rings. The van der Waals surface area contributed by atoms with Crippen LogP contribution in [0.25, 0.3) is 0 Å². The highest BCUT2D eigenvalue weighted by molar-refractivity contribution is 6.35. The van der Waals surface area contributed by atoms with Crippen LogP contribution in [-0.4, -0.2) is 44.3 Å². The van der Waals surface area contributed by atoms with Gasteiger partial charge in [-0.05, 0) is 35.4 Å². The van der Waals surface area contributed by atoms with E-state index in [9.17, 15) is 33.7 Å². The monoisotopic (exact) mass is 381 g/mol. The maximum absolute atomic E-state index is 13.5. The van der Waals surface area contributed by atoms with Crippen molar-refractivity contribution in [1.82, 2.24) is 5.06 Å². The molecule has 27 heavy (non-hydrogen) atoms. The van der Waals surface area contributed by atoms with E-state index in [0.29, 0.717) is 0 Å². The second-order valence-corrected chi connectivity index (χ2v) is 6.09. The van der Waals surface area contributed by atoms with Crippen molar-refractivity contribution in [1.29, 1.82) is 0 Å². The smallest absolute Gasteiger partial charge is 0.313 e. The number of amides is 1. The summed E-state index contributed by atoms with van der Waals surface area (Å²) in [5.41, 5.74) is -2.05. The number of phenols is 2. The van der Waals surface area contributed by atoms with E-state index >= 15 is 0 Å². The molecule has 0 aliphatic carbocycles. The summed E-state index contributed by atoms with van der Waals surface area (Å²) in [4.78, 5) is 23.7. The minimum absolute atomic E-state index is 0.0502. The fraction of sp³-hybridized carbons (Fsp3) is 0.222. The molecule has 0 bridgehead atoms. The second-order valence-electron chi connectivity index (χ2n) is 6.09. The summed E-state index contributed by atoms with van der Waals surface area (Å²) in [5, 5.41) is 39.3. The summed E-state index contributed by atoms with van der Waals surface area (Å²) in [6.45, 7) is 0. The third-order valence-electron chi connectivity index (χ3n) is 3.98. The van der Waals surface area contributed by atoms with Gasteiger partial charge in [-0.25, -0.2) is 13.8 Å². The van der Waals surface area contributed by atoms with Gasteiger partial charge in [0.2, 0.25) is 5.78 Å². The van der Waals surface area contributed by atoms with Gasteiger partial charge in [0.1, 0.15) is 5.60 Å². The average Bonchev–Trinajstić information content (AvgIpc) is 2.59. The summed E-state index contributed by atoms with van der Waals surface area (Å²) in [6, 6.07) is 6.10. The minimum atomic E-state index is -2.11.